The summed E-state index contributed by atoms with van der Waals surface area (Å²) < 4.78 is 66.9. The minimum Gasteiger partial charge on any atom is -0.481 e. The van der Waals surface area contributed by atoms with Crippen molar-refractivity contribution in [3.8, 4) is 0 Å². The van der Waals surface area contributed by atoms with Gasteiger partial charge in [0.15, 0.2) is 5.82 Å². The number of benzene rings is 1. The summed E-state index contributed by atoms with van der Waals surface area (Å²) in [5.74, 6) is -1.35. The van der Waals surface area contributed by atoms with Crippen LogP contribution >= 0.6 is 0 Å². The Bertz CT molecular complexity index is 1280. The van der Waals surface area contributed by atoms with E-state index in [-0.39, 0.29) is 12.4 Å². The number of aliphatic carboxylic acids is 1. The van der Waals surface area contributed by atoms with Gasteiger partial charge in [-0.2, -0.15) is 17.9 Å². The topological polar surface area (TPSA) is 128 Å². The van der Waals surface area contributed by atoms with Crippen LogP contribution in [0.4, 0.5) is 29.5 Å². The number of carboxylic acid groups (broad SMARTS) is 1. The minimum absolute atomic E-state index is 0.0204. The standard InChI is InChI=1S/C23H29F3N6O5S/c1-38(36,37)28-20-4-7-32(27-20)22(35)31-10-8-29(9-11-31)15-16-12-18(23(24,25)26)14-19(13-16)30-5-2-17(3-6-30)21(33)34/h4,7,12-14,17H,2-3,5-6,8-11,15H2,1H3,(H,27,28)(H,33,34). The molecule has 2 aliphatic heterocycles. The van der Waals surface area contributed by atoms with Crippen molar-refractivity contribution in [2.75, 3.05) is 55.1 Å². The first-order valence-electron chi connectivity index (χ1n) is 12.0. The molecule has 1 aromatic carbocycles. The fourth-order valence-electron chi connectivity index (χ4n) is 4.67. The lowest BCUT2D eigenvalue weighted by molar-refractivity contribution is -0.142. The molecule has 2 aliphatic rings. The van der Waals surface area contributed by atoms with Gasteiger partial charge in [0.1, 0.15) is 0 Å². The van der Waals surface area contributed by atoms with E-state index >= 15 is 0 Å². The number of aromatic nitrogens is 2. The molecule has 11 nitrogen and oxygen atoms in total. The highest BCUT2D eigenvalue weighted by atomic mass is 32.2. The lowest BCUT2D eigenvalue weighted by Gasteiger charge is -2.35. The van der Waals surface area contributed by atoms with Gasteiger partial charge in [-0.3, -0.25) is 14.4 Å². The monoisotopic (exact) mass is 558 g/mol. The van der Waals surface area contributed by atoms with E-state index in [1.165, 1.54) is 17.2 Å². The maximum absolute atomic E-state index is 13.7. The summed E-state index contributed by atoms with van der Waals surface area (Å²) in [6, 6.07) is 4.89. The normalized spacial score (nSPS) is 18.0. The maximum atomic E-state index is 13.7. The predicted molar refractivity (Wildman–Crippen MR) is 132 cm³/mol. The van der Waals surface area contributed by atoms with Crippen LogP contribution in [0.15, 0.2) is 30.5 Å². The van der Waals surface area contributed by atoms with Gasteiger partial charge >= 0.3 is 18.2 Å². The fourth-order valence-corrected chi connectivity index (χ4v) is 5.16. The van der Waals surface area contributed by atoms with Gasteiger partial charge in [0, 0.05) is 63.8 Å². The summed E-state index contributed by atoms with van der Waals surface area (Å²) >= 11 is 0. The van der Waals surface area contributed by atoms with Crippen molar-refractivity contribution >= 4 is 33.5 Å². The van der Waals surface area contributed by atoms with Crippen molar-refractivity contribution in [3.63, 3.8) is 0 Å². The third kappa shape index (κ3) is 6.95. The summed E-state index contributed by atoms with van der Waals surface area (Å²) in [6.45, 7) is 2.49. The smallest absolute Gasteiger partial charge is 0.416 e. The molecule has 0 saturated carbocycles. The highest BCUT2D eigenvalue weighted by molar-refractivity contribution is 7.92. The predicted octanol–water partition coefficient (Wildman–Crippen LogP) is 2.36. The molecule has 0 aliphatic carbocycles. The number of carboxylic acids is 1. The Balaban J connectivity index is 1.40. The van der Waals surface area contributed by atoms with E-state index in [4.69, 9.17) is 0 Å². The molecule has 0 atom stereocenters. The van der Waals surface area contributed by atoms with E-state index in [1.54, 1.807) is 11.0 Å². The molecule has 1 aromatic heterocycles. The zero-order chi connectivity index (χ0) is 27.7. The number of hydrogen-bond acceptors (Lipinski definition) is 7. The highest BCUT2D eigenvalue weighted by Crippen LogP contribution is 2.34. The number of piperazine rings is 1. The van der Waals surface area contributed by atoms with Gasteiger partial charge in [-0.05, 0) is 36.6 Å². The van der Waals surface area contributed by atoms with Gasteiger partial charge in [-0.1, -0.05) is 0 Å². The molecule has 0 spiro atoms. The summed E-state index contributed by atoms with van der Waals surface area (Å²) in [7, 11) is -3.53. The molecule has 2 N–H and O–H groups in total. The van der Waals surface area contributed by atoms with E-state index in [0.29, 0.717) is 63.4 Å². The lowest BCUT2D eigenvalue weighted by Crippen LogP contribution is -2.49. The van der Waals surface area contributed by atoms with Crippen molar-refractivity contribution in [3.05, 3.63) is 41.6 Å². The van der Waals surface area contributed by atoms with Crippen molar-refractivity contribution < 1.29 is 36.3 Å². The first-order valence-corrected chi connectivity index (χ1v) is 13.9. The number of nitrogens with one attached hydrogen (secondary N) is 1. The number of hydrogen-bond donors (Lipinski definition) is 2. The average molecular weight is 559 g/mol. The first kappa shape index (κ1) is 27.7. The van der Waals surface area contributed by atoms with Gasteiger partial charge in [0.05, 0.1) is 17.7 Å². The number of anilines is 2. The van der Waals surface area contributed by atoms with E-state index in [9.17, 15) is 36.3 Å². The third-order valence-corrected chi connectivity index (χ3v) is 7.22. The molecular formula is C23H29F3N6O5S. The van der Waals surface area contributed by atoms with Gasteiger partial charge in [-0.15, -0.1) is 5.10 Å². The number of alkyl halides is 3. The third-order valence-electron chi connectivity index (χ3n) is 6.64. The zero-order valence-corrected chi connectivity index (χ0v) is 21.5. The first-order chi connectivity index (χ1) is 17.8. The van der Waals surface area contributed by atoms with Crippen LogP contribution in [0.3, 0.4) is 0 Å². The number of carbonyl (C=O) groups is 2. The Kier molecular flexibility index (Phi) is 7.88. The maximum Gasteiger partial charge on any atom is 0.416 e. The Hall–Kier alpha value is -3.33. The van der Waals surface area contributed by atoms with E-state index < -0.39 is 39.7 Å². The Morgan fingerprint density at radius 3 is 2.32 bits per heavy atom. The molecule has 0 radical (unpaired) electrons. The van der Waals surface area contributed by atoms with Crippen LogP contribution in [0, 0.1) is 5.92 Å². The second-order valence-corrected chi connectivity index (χ2v) is 11.3. The van der Waals surface area contributed by atoms with Crippen LogP contribution in [0.25, 0.3) is 0 Å². The average Bonchev–Trinajstić information content (AvgIpc) is 3.30. The van der Waals surface area contributed by atoms with Crippen LogP contribution < -0.4 is 9.62 Å². The molecule has 208 valence electrons. The van der Waals surface area contributed by atoms with Crippen molar-refractivity contribution in [1.29, 1.82) is 0 Å². The second kappa shape index (κ2) is 10.8. The van der Waals surface area contributed by atoms with Gasteiger partial charge in [0.2, 0.25) is 10.0 Å². The number of rotatable bonds is 6. The van der Waals surface area contributed by atoms with Gasteiger partial charge < -0.3 is 14.9 Å². The molecular weight excluding hydrogens is 529 g/mol. The fraction of sp³-hybridized carbons (Fsp3) is 0.522. The minimum atomic E-state index is -4.52. The molecule has 0 bridgehead atoms. The van der Waals surface area contributed by atoms with Gasteiger partial charge in [0.25, 0.3) is 0 Å². The van der Waals surface area contributed by atoms with Gasteiger partial charge in [-0.25, -0.2) is 13.2 Å². The molecule has 4 rings (SSSR count). The molecule has 1 amide bonds. The SMILES string of the molecule is CS(=O)(=O)Nc1ccn(C(=O)N2CCN(Cc3cc(N4CCC(C(=O)O)CC4)cc(C(F)(F)F)c3)CC2)n1. The van der Waals surface area contributed by atoms with Crippen molar-refractivity contribution in [1.82, 2.24) is 19.6 Å². The van der Waals surface area contributed by atoms with Crippen LogP contribution in [0.2, 0.25) is 0 Å². The van der Waals surface area contributed by atoms with Crippen LogP contribution in [0.1, 0.15) is 24.0 Å². The van der Waals surface area contributed by atoms with Crippen LogP contribution in [0.5, 0.6) is 0 Å². The Labute approximate surface area is 217 Å². The van der Waals surface area contributed by atoms with Crippen molar-refractivity contribution in [2.45, 2.75) is 25.6 Å². The second-order valence-electron chi connectivity index (χ2n) is 9.55. The van der Waals surface area contributed by atoms with E-state index in [2.05, 4.69) is 9.82 Å². The summed E-state index contributed by atoms with van der Waals surface area (Å²) in [5, 5.41) is 13.1. The van der Waals surface area contributed by atoms with Crippen LogP contribution in [-0.4, -0.2) is 90.6 Å². The Morgan fingerprint density at radius 2 is 1.74 bits per heavy atom. The molecule has 2 fully saturated rings. The number of amides is 1. The largest absolute Gasteiger partial charge is 0.481 e. The lowest BCUT2D eigenvalue weighted by atomic mass is 9.96. The van der Waals surface area contributed by atoms with Crippen molar-refractivity contribution in [2.24, 2.45) is 5.92 Å². The molecule has 2 saturated heterocycles. The quantitative estimate of drug-likeness (QED) is 0.553. The molecule has 3 heterocycles. The number of carbonyl (C=O) groups excluding carboxylic acids is 1. The highest BCUT2D eigenvalue weighted by Gasteiger charge is 2.33. The summed E-state index contributed by atoms with van der Waals surface area (Å²) in [5.41, 5.74) is 0.152. The number of piperidine rings is 1. The molecule has 38 heavy (non-hydrogen) atoms. The molecule has 15 heteroatoms. The summed E-state index contributed by atoms with van der Waals surface area (Å²) in [4.78, 5) is 29.3. The summed E-state index contributed by atoms with van der Waals surface area (Å²) in [6.07, 6.45) is -1.45. The number of nitrogens with zero attached hydrogens (tertiary/aromatic N) is 5. The molecule has 2 aromatic rings. The number of halogens is 3. The van der Waals surface area contributed by atoms with E-state index in [0.717, 1.165) is 23.1 Å². The number of sulfonamides is 1. The Morgan fingerprint density at radius 1 is 1.08 bits per heavy atom. The van der Waals surface area contributed by atoms with E-state index in [1.807, 2.05) is 4.90 Å². The van der Waals surface area contributed by atoms with Crippen LogP contribution in [-0.2, 0) is 27.5 Å². The zero-order valence-electron chi connectivity index (χ0n) is 20.7. The molecule has 0 unspecified atom stereocenters.